The summed E-state index contributed by atoms with van der Waals surface area (Å²) in [5.41, 5.74) is 1.01. The highest BCUT2D eigenvalue weighted by molar-refractivity contribution is 6.33. The predicted octanol–water partition coefficient (Wildman–Crippen LogP) is 1.66. The van der Waals surface area contributed by atoms with Crippen LogP contribution >= 0.6 is 11.6 Å². The summed E-state index contributed by atoms with van der Waals surface area (Å²) >= 11 is 6.03. The molecule has 2 aromatic rings. The zero-order valence-electron chi connectivity index (χ0n) is 12.4. The Balaban J connectivity index is 1.75. The van der Waals surface area contributed by atoms with Crippen LogP contribution in [0.15, 0.2) is 17.8 Å². The maximum absolute atomic E-state index is 10.7. The van der Waals surface area contributed by atoms with Crippen molar-refractivity contribution in [3.05, 3.63) is 22.7 Å². The molecule has 0 bridgehead atoms. The van der Waals surface area contributed by atoms with E-state index in [0.29, 0.717) is 11.2 Å². The zero-order chi connectivity index (χ0) is 16.2. The minimum Gasteiger partial charge on any atom is -0.347 e. The fourth-order valence-electron chi connectivity index (χ4n) is 3.11. The third-order valence-corrected chi connectivity index (χ3v) is 4.24. The number of halogens is 1. The van der Waals surface area contributed by atoms with Crippen molar-refractivity contribution in [1.82, 2.24) is 19.5 Å². The van der Waals surface area contributed by atoms with Gasteiger partial charge in [-0.1, -0.05) is 16.8 Å². The van der Waals surface area contributed by atoms with E-state index in [0.717, 1.165) is 0 Å². The fraction of sp³-hybridized carbons (Fsp3) is 0.615. The molecule has 0 spiro atoms. The first-order valence-corrected chi connectivity index (χ1v) is 7.51. The van der Waals surface area contributed by atoms with Crippen LogP contribution in [0.4, 0.5) is 0 Å². The minimum atomic E-state index is -0.762. The van der Waals surface area contributed by atoms with Gasteiger partial charge in [-0.3, -0.25) is 4.57 Å². The predicted molar refractivity (Wildman–Crippen MR) is 78.7 cm³/mol. The highest BCUT2D eigenvalue weighted by Crippen LogP contribution is 2.43. The van der Waals surface area contributed by atoms with Gasteiger partial charge < -0.3 is 14.2 Å². The molecule has 2 aromatic heterocycles. The average molecular weight is 340 g/mol. The van der Waals surface area contributed by atoms with Crippen LogP contribution < -0.4 is 0 Å². The summed E-state index contributed by atoms with van der Waals surface area (Å²) in [5.74, 6) is -0.762. The molecule has 4 atom stereocenters. The zero-order valence-corrected chi connectivity index (χ0v) is 13.2. The van der Waals surface area contributed by atoms with Crippen LogP contribution in [-0.2, 0) is 14.2 Å². The van der Waals surface area contributed by atoms with Crippen LogP contribution in [0.5, 0.6) is 0 Å². The molecule has 0 amide bonds. The number of nitrogens with zero attached hydrogens (tertiary/aromatic N) is 5. The van der Waals surface area contributed by atoms with Crippen molar-refractivity contribution >= 4 is 22.8 Å². The van der Waals surface area contributed by atoms with Crippen LogP contribution in [0.25, 0.3) is 11.2 Å². The van der Waals surface area contributed by atoms with E-state index < -0.39 is 24.2 Å². The van der Waals surface area contributed by atoms with Gasteiger partial charge in [0.15, 0.2) is 22.8 Å². The lowest BCUT2D eigenvalue weighted by atomic mass is 10.1. The van der Waals surface area contributed by atoms with Crippen molar-refractivity contribution in [2.45, 2.75) is 44.2 Å². The van der Waals surface area contributed by atoms with Crippen molar-refractivity contribution in [3.8, 4) is 0 Å². The average Bonchev–Trinajstić information content (AvgIpc) is 3.13. The lowest BCUT2D eigenvalue weighted by Crippen LogP contribution is -2.31. The Labute approximate surface area is 135 Å². The Morgan fingerprint density at radius 3 is 2.87 bits per heavy atom. The van der Waals surface area contributed by atoms with E-state index in [1.807, 2.05) is 13.8 Å². The SMILES string of the molecule is CC1(C)O[C@@H]2[C@H](O1)[C@@H](CN=O)O[C@H]2n1cnc2c(Cl)ncnc21. The minimum absolute atomic E-state index is 0.0144. The van der Waals surface area contributed by atoms with E-state index in [1.54, 1.807) is 10.9 Å². The lowest BCUT2D eigenvalue weighted by molar-refractivity contribution is -0.195. The second-order valence-corrected chi connectivity index (χ2v) is 6.29. The van der Waals surface area contributed by atoms with E-state index in [2.05, 4.69) is 20.1 Å². The number of rotatable bonds is 3. The molecule has 0 saturated carbocycles. The van der Waals surface area contributed by atoms with Crippen LogP contribution in [-0.4, -0.2) is 50.2 Å². The topological polar surface area (TPSA) is 101 Å². The first kappa shape index (κ1) is 14.9. The van der Waals surface area contributed by atoms with E-state index >= 15 is 0 Å². The number of aromatic nitrogens is 4. The molecule has 122 valence electrons. The number of hydrogen-bond donors (Lipinski definition) is 0. The fourth-order valence-corrected chi connectivity index (χ4v) is 3.29. The molecule has 23 heavy (non-hydrogen) atoms. The lowest BCUT2D eigenvalue weighted by Gasteiger charge is -2.24. The van der Waals surface area contributed by atoms with Gasteiger partial charge in [0.05, 0.1) is 6.33 Å². The maximum atomic E-state index is 10.7. The second kappa shape index (κ2) is 5.17. The van der Waals surface area contributed by atoms with E-state index in [1.165, 1.54) is 6.33 Å². The monoisotopic (exact) mass is 339 g/mol. The molecule has 4 heterocycles. The summed E-state index contributed by atoms with van der Waals surface area (Å²) in [6, 6.07) is 0. The third kappa shape index (κ3) is 2.31. The summed E-state index contributed by atoms with van der Waals surface area (Å²) in [4.78, 5) is 23.0. The molecular formula is C13H14ClN5O4. The summed E-state index contributed by atoms with van der Waals surface area (Å²) < 4.78 is 19.5. The first-order valence-electron chi connectivity index (χ1n) is 7.13. The Kier molecular flexibility index (Phi) is 3.34. The smallest absolute Gasteiger partial charge is 0.167 e. The highest BCUT2D eigenvalue weighted by Gasteiger charge is 2.56. The molecule has 10 heteroatoms. The summed E-state index contributed by atoms with van der Waals surface area (Å²) in [6.07, 6.45) is 1.11. The van der Waals surface area contributed by atoms with Gasteiger partial charge in [-0.25, -0.2) is 15.0 Å². The van der Waals surface area contributed by atoms with Gasteiger partial charge in [-0.15, -0.1) is 0 Å². The Bertz CT molecular complexity index is 766. The van der Waals surface area contributed by atoms with Gasteiger partial charge in [0, 0.05) is 0 Å². The number of fused-ring (bicyclic) bond motifs is 2. The number of hydrogen-bond acceptors (Lipinski definition) is 8. The molecule has 0 aliphatic carbocycles. The quantitative estimate of drug-likeness (QED) is 0.619. The molecule has 2 saturated heterocycles. The van der Waals surface area contributed by atoms with Crippen molar-refractivity contribution in [2.75, 3.05) is 6.54 Å². The molecule has 0 unspecified atom stereocenters. The van der Waals surface area contributed by atoms with E-state index in [-0.39, 0.29) is 17.8 Å². The Morgan fingerprint density at radius 1 is 1.30 bits per heavy atom. The van der Waals surface area contributed by atoms with Crippen molar-refractivity contribution in [2.24, 2.45) is 5.18 Å². The Morgan fingerprint density at radius 2 is 2.09 bits per heavy atom. The van der Waals surface area contributed by atoms with Crippen LogP contribution in [0.2, 0.25) is 5.15 Å². The van der Waals surface area contributed by atoms with Crippen molar-refractivity contribution in [3.63, 3.8) is 0 Å². The first-order chi connectivity index (χ1) is 11.0. The molecular weight excluding hydrogens is 326 g/mol. The molecule has 4 rings (SSSR count). The van der Waals surface area contributed by atoms with Crippen LogP contribution in [0.3, 0.4) is 0 Å². The third-order valence-electron chi connectivity index (χ3n) is 3.97. The number of imidazole rings is 1. The second-order valence-electron chi connectivity index (χ2n) is 5.93. The number of nitroso groups, excluding NO2 is 1. The summed E-state index contributed by atoms with van der Waals surface area (Å²) in [6.45, 7) is 3.62. The molecule has 2 aliphatic rings. The van der Waals surface area contributed by atoms with Crippen LogP contribution in [0, 0.1) is 4.91 Å². The molecule has 0 radical (unpaired) electrons. The normalized spacial score (nSPS) is 32.3. The standard InChI is InChI=1S/C13H14ClN5O4/c1-13(2)22-8-6(3-18-20)21-12(9(8)23-13)19-5-17-7-10(14)15-4-16-11(7)19/h4-6,8-9,12H,3H2,1-2H3/t6-,8-,9-,12-/m1/s1. The molecule has 2 fully saturated rings. The maximum Gasteiger partial charge on any atom is 0.167 e. The van der Waals surface area contributed by atoms with Gasteiger partial charge in [0.1, 0.15) is 36.7 Å². The van der Waals surface area contributed by atoms with Crippen LogP contribution in [0.1, 0.15) is 20.1 Å². The van der Waals surface area contributed by atoms with Gasteiger partial charge in [0.2, 0.25) is 0 Å². The van der Waals surface area contributed by atoms with Crippen molar-refractivity contribution in [1.29, 1.82) is 0 Å². The van der Waals surface area contributed by atoms with Gasteiger partial charge in [0.25, 0.3) is 0 Å². The molecule has 9 nitrogen and oxygen atoms in total. The summed E-state index contributed by atoms with van der Waals surface area (Å²) in [5, 5.41) is 3.20. The largest absolute Gasteiger partial charge is 0.347 e. The van der Waals surface area contributed by atoms with E-state index in [4.69, 9.17) is 25.8 Å². The van der Waals surface area contributed by atoms with Gasteiger partial charge in [-0.05, 0) is 13.8 Å². The number of ether oxygens (including phenoxy) is 3. The molecule has 0 N–H and O–H groups in total. The van der Waals surface area contributed by atoms with Crippen molar-refractivity contribution < 1.29 is 14.2 Å². The van der Waals surface area contributed by atoms with Gasteiger partial charge in [-0.2, -0.15) is 4.91 Å². The molecule has 2 aliphatic heterocycles. The van der Waals surface area contributed by atoms with E-state index in [9.17, 15) is 4.91 Å². The molecule has 0 aromatic carbocycles. The highest BCUT2D eigenvalue weighted by atomic mass is 35.5. The van der Waals surface area contributed by atoms with Gasteiger partial charge >= 0.3 is 0 Å². The Hall–Kier alpha value is -1.68. The summed E-state index contributed by atoms with van der Waals surface area (Å²) in [7, 11) is 0.